The highest BCUT2D eigenvalue weighted by molar-refractivity contribution is 7.87. The van der Waals surface area contributed by atoms with E-state index >= 15 is 0 Å². The van der Waals surface area contributed by atoms with Gasteiger partial charge in [-0.05, 0) is 42.6 Å². The molecule has 0 aliphatic carbocycles. The van der Waals surface area contributed by atoms with E-state index in [0.29, 0.717) is 29.8 Å². The van der Waals surface area contributed by atoms with Crippen LogP contribution in [0.3, 0.4) is 0 Å². The predicted molar refractivity (Wildman–Crippen MR) is 143 cm³/mol. The Labute approximate surface area is 221 Å². The van der Waals surface area contributed by atoms with Gasteiger partial charge in [0.1, 0.15) is 17.9 Å². The lowest BCUT2D eigenvalue weighted by Crippen LogP contribution is -2.54. The van der Waals surface area contributed by atoms with Gasteiger partial charge in [0.2, 0.25) is 5.91 Å². The molecule has 3 aromatic rings. The van der Waals surface area contributed by atoms with Gasteiger partial charge in [-0.2, -0.15) is 13.1 Å². The van der Waals surface area contributed by atoms with Gasteiger partial charge in [0, 0.05) is 11.6 Å². The molecule has 1 unspecified atom stereocenters. The molecule has 1 aliphatic rings. The third-order valence-electron chi connectivity index (χ3n) is 6.51. The van der Waals surface area contributed by atoms with Crippen LogP contribution in [0, 0.1) is 5.41 Å². The Morgan fingerprint density at radius 1 is 0.974 bits per heavy atom. The molecule has 0 saturated carbocycles. The van der Waals surface area contributed by atoms with E-state index in [1.165, 1.54) is 0 Å². The van der Waals surface area contributed by atoms with Crippen LogP contribution in [0.25, 0.3) is 0 Å². The molecule has 1 aliphatic heterocycles. The number of carbonyl (C=O) groups excluding carboxylic acids is 2. The molecule has 12 heteroatoms. The number of aromatic nitrogens is 1. The quantitative estimate of drug-likeness (QED) is 0.139. The highest BCUT2D eigenvalue weighted by atomic mass is 32.2. The zero-order valence-corrected chi connectivity index (χ0v) is 21.4. The molecule has 9 N–H and O–H groups in total. The second kappa shape index (κ2) is 11.7. The van der Waals surface area contributed by atoms with Crippen molar-refractivity contribution in [3.8, 4) is 0 Å². The number of amides is 1. The minimum Gasteiger partial charge on any atom is -0.382 e. The Bertz CT molecular complexity index is 1350. The van der Waals surface area contributed by atoms with Gasteiger partial charge in [-0.3, -0.25) is 15.0 Å². The van der Waals surface area contributed by atoms with Gasteiger partial charge < -0.3 is 21.4 Å². The van der Waals surface area contributed by atoms with Crippen molar-refractivity contribution in [2.45, 2.75) is 36.9 Å². The number of nitrogens with two attached hydrogens (primary N) is 2. The third-order valence-corrected chi connectivity index (χ3v) is 7.09. The minimum absolute atomic E-state index is 0.227. The number of ketones is 1. The maximum atomic E-state index is 13.9. The van der Waals surface area contributed by atoms with Gasteiger partial charge in [-0.1, -0.05) is 60.7 Å². The number of aromatic amines is 1. The first-order chi connectivity index (χ1) is 18.1. The van der Waals surface area contributed by atoms with E-state index in [-0.39, 0.29) is 17.3 Å². The smallest absolute Gasteiger partial charge is 0.275 e. The molecular formula is C26H31N7O4S. The molecule has 11 nitrogen and oxygen atoms in total. The van der Waals surface area contributed by atoms with Gasteiger partial charge in [0.05, 0.1) is 11.7 Å². The summed E-state index contributed by atoms with van der Waals surface area (Å²) in [5, 5.41) is 18.9. The summed E-state index contributed by atoms with van der Waals surface area (Å²) in [6, 6.07) is 18.0. The number of H-pyrrole nitrogens is 1. The molecule has 1 amide bonds. The second-order valence-corrected chi connectivity index (χ2v) is 10.5. The van der Waals surface area contributed by atoms with E-state index in [1.807, 2.05) is 12.1 Å². The first-order valence-electron chi connectivity index (χ1n) is 12.1. The number of amidine groups is 1. The fourth-order valence-corrected chi connectivity index (χ4v) is 5.35. The number of Topliss-reactive ketones (excluding diaryl/α,β-unsaturated/α-hetero) is 1. The highest BCUT2D eigenvalue weighted by Crippen LogP contribution is 2.29. The molecular weight excluding hydrogens is 506 g/mol. The second-order valence-electron chi connectivity index (χ2n) is 9.17. The molecule has 200 valence electrons. The Kier molecular flexibility index (Phi) is 8.37. The molecule has 2 aromatic carbocycles. The molecule has 1 saturated heterocycles. The van der Waals surface area contributed by atoms with E-state index in [4.69, 9.17) is 16.3 Å². The minimum atomic E-state index is -4.33. The van der Waals surface area contributed by atoms with Crippen molar-refractivity contribution in [2.24, 2.45) is 10.9 Å². The van der Waals surface area contributed by atoms with Crippen molar-refractivity contribution in [3.63, 3.8) is 0 Å². The van der Waals surface area contributed by atoms with Crippen molar-refractivity contribution >= 4 is 27.7 Å². The van der Waals surface area contributed by atoms with E-state index in [2.05, 4.69) is 20.3 Å². The van der Waals surface area contributed by atoms with Crippen LogP contribution in [0.4, 0.5) is 0 Å². The summed E-state index contributed by atoms with van der Waals surface area (Å²) in [5.41, 5.74) is 7.56. The molecule has 1 fully saturated rings. The van der Waals surface area contributed by atoms with Crippen LogP contribution >= 0.6 is 0 Å². The molecule has 0 spiro atoms. The summed E-state index contributed by atoms with van der Waals surface area (Å²) in [6.07, 6.45) is 1.40. The SMILES string of the molecule is N=C(N)c1ccc(C(NC(=O)[C@H](NS(N)(=O)=O)C(c2ccccc2)c2ccccc2)C(=O)[C@@H]2CCCN2)[nH]1. The lowest BCUT2D eigenvalue weighted by molar-refractivity contribution is -0.130. The summed E-state index contributed by atoms with van der Waals surface area (Å²) in [4.78, 5) is 30.4. The Morgan fingerprint density at radius 3 is 2.05 bits per heavy atom. The van der Waals surface area contributed by atoms with Crippen molar-refractivity contribution < 1.29 is 18.0 Å². The van der Waals surface area contributed by atoms with Gasteiger partial charge in [-0.25, -0.2) is 5.14 Å². The molecule has 1 aromatic heterocycles. The monoisotopic (exact) mass is 537 g/mol. The molecule has 0 bridgehead atoms. The van der Waals surface area contributed by atoms with Gasteiger partial charge in [-0.15, -0.1) is 0 Å². The van der Waals surface area contributed by atoms with E-state index in [9.17, 15) is 18.0 Å². The van der Waals surface area contributed by atoms with E-state index < -0.39 is 40.2 Å². The fraction of sp³-hybridized carbons (Fsp3) is 0.269. The maximum Gasteiger partial charge on any atom is 0.275 e. The third kappa shape index (κ3) is 6.53. The molecule has 3 atom stereocenters. The molecule has 2 heterocycles. The summed E-state index contributed by atoms with van der Waals surface area (Å²) in [7, 11) is -4.33. The van der Waals surface area contributed by atoms with Gasteiger partial charge in [0.25, 0.3) is 10.2 Å². The first-order valence-corrected chi connectivity index (χ1v) is 13.7. The standard InChI is InChI=1S/C26H31N7O4S/c27-25(28)20-14-13-18(31-20)22(24(34)19-12-7-15-30-19)32-26(35)23(33-38(29,36)37)21(16-8-3-1-4-9-16)17-10-5-2-6-11-17/h1-6,8-11,13-14,19,21-23,30-31,33H,7,12,15H2,(H3,27,28)(H,32,35)(H2,29,36,37)/t19-,22?,23+/m0/s1. The summed E-state index contributed by atoms with van der Waals surface area (Å²) < 4.78 is 26.8. The fourth-order valence-electron chi connectivity index (χ4n) is 4.75. The van der Waals surface area contributed by atoms with Crippen LogP contribution in [0.2, 0.25) is 0 Å². The van der Waals surface area contributed by atoms with Crippen molar-refractivity contribution in [1.82, 2.24) is 20.3 Å². The van der Waals surface area contributed by atoms with Crippen LogP contribution < -0.4 is 26.2 Å². The molecule has 38 heavy (non-hydrogen) atoms. The molecule has 4 rings (SSSR count). The summed E-state index contributed by atoms with van der Waals surface area (Å²) in [6.45, 7) is 0.667. The zero-order valence-electron chi connectivity index (χ0n) is 20.6. The van der Waals surface area contributed by atoms with Crippen LogP contribution in [-0.2, 0) is 19.8 Å². The topological polar surface area (TPSA) is 196 Å². The Balaban J connectivity index is 1.75. The van der Waals surface area contributed by atoms with E-state index in [1.54, 1.807) is 60.7 Å². The largest absolute Gasteiger partial charge is 0.382 e. The normalized spacial score (nSPS) is 17.2. The maximum absolute atomic E-state index is 13.9. The zero-order chi connectivity index (χ0) is 27.3. The number of benzene rings is 2. The van der Waals surface area contributed by atoms with Gasteiger partial charge in [0.15, 0.2) is 5.78 Å². The summed E-state index contributed by atoms with van der Waals surface area (Å²) in [5.74, 6) is -2.02. The lowest BCUT2D eigenvalue weighted by atomic mass is 9.84. The number of carbonyl (C=O) groups is 2. The number of hydrogen-bond donors (Lipinski definition) is 7. The predicted octanol–water partition coefficient (Wildman–Crippen LogP) is 0.771. The number of hydrogen-bond acceptors (Lipinski definition) is 6. The van der Waals surface area contributed by atoms with Crippen LogP contribution in [-0.4, -0.2) is 49.6 Å². The first kappa shape index (κ1) is 27.2. The average Bonchev–Trinajstić information content (AvgIpc) is 3.60. The number of rotatable bonds is 11. The lowest BCUT2D eigenvalue weighted by Gasteiger charge is -2.29. The van der Waals surface area contributed by atoms with Crippen molar-refractivity contribution in [3.05, 3.63) is 95.3 Å². The number of nitrogen functional groups attached to an aromatic ring is 1. The van der Waals surface area contributed by atoms with Crippen LogP contribution in [0.1, 0.15) is 47.3 Å². The van der Waals surface area contributed by atoms with Gasteiger partial charge >= 0.3 is 0 Å². The highest BCUT2D eigenvalue weighted by Gasteiger charge is 2.38. The Morgan fingerprint density at radius 2 is 1.58 bits per heavy atom. The van der Waals surface area contributed by atoms with E-state index in [0.717, 1.165) is 6.42 Å². The van der Waals surface area contributed by atoms with Crippen LogP contribution in [0.15, 0.2) is 72.8 Å². The molecule has 0 radical (unpaired) electrons. The Hall–Kier alpha value is -3.84. The summed E-state index contributed by atoms with van der Waals surface area (Å²) >= 11 is 0. The average molecular weight is 538 g/mol. The van der Waals surface area contributed by atoms with Crippen LogP contribution in [0.5, 0.6) is 0 Å². The van der Waals surface area contributed by atoms with Crippen molar-refractivity contribution in [2.75, 3.05) is 6.54 Å². The van der Waals surface area contributed by atoms with Crippen molar-refractivity contribution in [1.29, 1.82) is 5.41 Å². The number of nitrogens with one attached hydrogen (secondary N) is 5.